The molecule has 0 bridgehead atoms. The standard InChI is InChI=1S/C21H24ClN3OS2/c1-3-24(4-2)13-14-25(19(26)15-27-16-9-6-5-7-10-16)21-23-20-17(22)11-8-12-18(20)28-21/h5-12H,3-4,13-15H2,1-2H3. The number of thiazole rings is 1. The molecule has 0 radical (unpaired) electrons. The van der Waals surface area contributed by atoms with Gasteiger partial charge in [0.2, 0.25) is 5.91 Å². The summed E-state index contributed by atoms with van der Waals surface area (Å²) in [7, 11) is 0. The number of hydrogen-bond acceptors (Lipinski definition) is 5. The van der Waals surface area contributed by atoms with Crippen molar-refractivity contribution in [3.8, 4) is 0 Å². The van der Waals surface area contributed by atoms with Gasteiger partial charge < -0.3 is 4.90 Å². The predicted octanol–water partition coefficient (Wildman–Crippen LogP) is 5.42. The Morgan fingerprint density at radius 2 is 1.82 bits per heavy atom. The third-order valence-corrected chi connectivity index (χ3v) is 6.88. The molecule has 28 heavy (non-hydrogen) atoms. The third-order valence-electron chi connectivity index (χ3n) is 4.53. The summed E-state index contributed by atoms with van der Waals surface area (Å²) in [6.45, 7) is 7.63. The minimum Gasteiger partial charge on any atom is -0.302 e. The Labute approximate surface area is 179 Å². The maximum atomic E-state index is 13.1. The number of carbonyl (C=O) groups excluding carboxylic acids is 1. The molecule has 1 amide bonds. The Bertz CT molecular complexity index is 912. The average molecular weight is 434 g/mol. The molecule has 1 aromatic heterocycles. The van der Waals surface area contributed by atoms with E-state index in [9.17, 15) is 4.79 Å². The lowest BCUT2D eigenvalue weighted by Gasteiger charge is -2.24. The molecule has 0 saturated heterocycles. The average Bonchev–Trinajstić information content (AvgIpc) is 3.15. The molecule has 7 heteroatoms. The first-order chi connectivity index (χ1) is 13.6. The highest BCUT2D eigenvalue weighted by Gasteiger charge is 2.21. The summed E-state index contributed by atoms with van der Waals surface area (Å²) in [5.41, 5.74) is 0.764. The first kappa shape index (κ1) is 21.1. The quantitative estimate of drug-likeness (QED) is 0.422. The molecule has 2 aromatic carbocycles. The van der Waals surface area contributed by atoms with E-state index < -0.39 is 0 Å². The molecule has 0 aliphatic rings. The first-order valence-corrected chi connectivity index (χ1v) is 11.6. The van der Waals surface area contributed by atoms with Gasteiger partial charge in [-0.15, -0.1) is 11.8 Å². The van der Waals surface area contributed by atoms with Crippen molar-refractivity contribution < 1.29 is 4.79 Å². The minimum absolute atomic E-state index is 0.0659. The van der Waals surface area contributed by atoms with E-state index in [2.05, 4.69) is 23.7 Å². The number of carbonyl (C=O) groups is 1. The van der Waals surface area contributed by atoms with Gasteiger partial charge in [0.15, 0.2) is 5.13 Å². The molecule has 0 fully saturated rings. The second-order valence-electron chi connectivity index (χ2n) is 6.26. The van der Waals surface area contributed by atoms with Crippen LogP contribution in [0.15, 0.2) is 53.4 Å². The second kappa shape index (κ2) is 10.3. The van der Waals surface area contributed by atoms with E-state index in [-0.39, 0.29) is 5.91 Å². The maximum Gasteiger partial charge on any atom is 0.239 e. The summed E-state index contributed by atoms with van der Waals surface area (Å²) in [5, 5.41) is 1.34. The van der Waals surface area contributed by atoms with E-state index in [0.717, 1.165) is 34.7 Å². The van der Waals surface area contributed by atoms with Gasteiger partial charge in [0.05, 0.1) is 15.5 Å². The van der Waals surface area contributed by atoms with Gasteiger partial charge in [-0.25, -0.2) is 4.98 Å². The van der Waals surface area contributed by atoms with Crippen molar-refractivity contribution >= 4 is 56.0 Å². The molecule has 0 atom stereocenters. The second-order valence-corrected chi connectivity index (χ2v) is 8.72. The van der Waals surface area contributed by atoms with Crippen molar-refractivity contribution in [1.82, 2.24) is 9.88 Å². The fraction of sp³-hybridized carbons (Fsp3) is 0.333. The van der Waals surface area contributed by atoms with Crippen LogP contribution in [0, 0.1) is 0 Å². The zero-order chi connectivity index (χ0) is 19.9. The zero-order valence-electron chi connectivity index (χ0n) is 16.1. The smallest absolute Gasteiger partial charge is 0.239 e. The number of aromatic nitrogens is 1. The van der Waals surface area contributed by atoms with Gasteiger partial charge in [-0.1, -0.05) is 61.1 Å². The summed E-state index contributed by atoms with van der Waals surface area (Å²) in [6, 6.07) is 15.7. The van der Waals surface area contributed by atoms with Gasteiger partial charge in [0.25, 0.3) is 0 Å². The van der Waals surface area contributed by atoms with Crippen LogP contribution in [-0.2, 0) is 4.79 Å². The Morgan fingerprint density at radius 3 is 2.50 bits per heavy atom. The fourth-order valence-corrected chi connectivity index (χ4v) is 4.97. The van der Waals surface area contributed by atoms with Crippen LogP contribution in [0.2, 0.25) is 5.02 Å². The van der Waals surface area contributed by atoms with E-state index in [1.54, 1.807) is 11.8 Å². The summed E-state index contributed by atoms with van der Waals surface area (Å²) in [4.78, 5) is 23.0. The van der Waals surface area contributed by atoms with E-state index in [1.165, 1.54) is 11.3 Å². The normalized spacial score (nSPS) is 11.3. The van der Waals surface area contributed by atoms with Crippen molar-refractivity contribution in [3.05, 3.63) is 53.6 Å². The van der Waals surface area contributed by atoms with Crippen LogP contribution in [-0.4, -0.2) is 47.7 Å². The number of anilines is 1. The van der Waals surface area contributed by atoms with Gasteiger partial charge >= 0.3 is 0 Å². The lowest BCUT2D eigenvalue weighted by molar-refractivity contribution is -0.116. The van der Waals surface area contributed by atoms with Crippen LogP contribution in [0.5, 0.6) is 0 Å². The molecule has 0 aliphatic heterocycles. The summed E-state index contributed by atoms with van der Waals surface area (Å²) >= 11 is 9.37. The van der Waals surface area contributed by atoms with Crippen molar-refractivity contribution in [1.29, 1.82) is 0 Å². The van der Waals surface area contributed by atoms with E-state index >= 15 is 0 Å². The number of fused-ring (bicyclic) bond motifs is 1. The highest BCUT2D eigenvalue weighted by Crippen LogP contribution is 2.33. The van der Waals surface area contributed by atoms with E-state index in [4.69, 9.17) is 11.6 Å². The van der Waals surface area contributed by atoms with Crippen LogP contribution < -0.4 is 4.90 Å². The third kappa shape index (κ3) is 5.26. The molecule has 0 spiro atoms. The van der Waals surface area contributed by atoms with Gasteiger partial charge in [0.1, 0.15) is 5.52 Å². The molecular formula is C21H24ClN3OS2. The number of likely N-dealkylation sites (N-methyl/N-ethyl adjacent to an activating group) is 1. The summed E-state index contributed by atoms with van der Waals surface area (Å²) in [5.74, 6) is 0.447. The van der Waals surface area contributed by atoms with Gasteiger partial charge in [-0.3, -0.25) is 9.69 Å². The Kier molecular flexibility index (Phi) is 7.73. The largest absolute Gasteiger partial charge is 0.302 e. The molecule has 4 nitrogen and oxygen atoms in total. The van der Waals surface area contributed by atoms with Gasteiger partial charge in [0, 0.05) is 18.0 Å². The van der Waals surface area contributed by atoms with Gasteiger partial charge in [-0.2, -0.15) is 0 Å². The maximum absolute atomic E-state index is 13.1. The van der Waals surface area contributed by atoms with Crippen LogP contribution in [0.3, 0.4) is 0 Å². The van der Waals surface area contributed by atoms with Crippen molar-refractivity contribution in [2.45, 2.75) is 18.7 Å². The molecule has 3 aromatic rings. The van der Waals surface area contributed by atoms with E-state index in [1.807, 2.05) is 53.4 Å². The Hall–Kier alpha value is -1.60. The highest BCUT2D eigenvalue weighted by molar-refractivity contribution is 8.00. The lowest BCUT2D eigenvalue weighted by atomic mass is 10.3. The molecule has 0 saturated carbocycles. The van der Waals surface area contributed by atoms with E-state index in [0.29, 0.717) is 22.5 Å². The number of rotatable bonds is 9. The molecular weight excluding hydrogens is 410 g/mol. The van der Waals surface area contributed by atoms with Crippen LogP contribution in [0.25, 0.3) is 10.2 Å². The summed E-state index contributed by atoms with van der Waals surface area (Å²) < 4.78 is 0.999. The van der Waals surface area contributed by atoms with Gasteiger partial charge in [-0.05, 0) is 37.4 Å². The Morgan fingerprint density at radius 1 is 1.07 bits per heavy atom. The number of hydrogen-bond donors (Lipinski definition) is 0. The fourth-order valence-electron chi connectivity index (χ4n) is 2.87. The molecule has 0 unspecified atom stereocenters. The van der Waals surface area contributed by atoms with Crippen LogP contribution in [0.4, 0.5) is 5.13 Å². The van der Waals surface area contributed by atoms with Crippen LogP contribution in [0.1, 0.15) is 13.8 Å². The lowest BCUT2D eigenvalue weighted by Crippen LogP contribution is -2.39. The zero-order valence-corrected chi connectivity index (χ0v) is 18.5. The van der Waals surface area contributed by atoms with Crippen LogP contribution >= 0.6 is 34.7 Å². The number of thioether (sulfide) groups is 1. The first-order valence-electron chi connectivity index (χ1n) is 9.38. The number of amides is 1. The van der Waals surface area contributed by atoms with Crippen molar-refractivity contribution in [2.24, 2.45) is 0 Å². The number of nitrogens with zero attached hydrogens (tertiary/aromatic N) is 3. The predicted molar refractivity (Wildman–Crippen MR) is 122 cm³/mol. The number of benzene rings is 2. The van der Waals surface area contributed by atoms with Crippen molar-refractivity contribution in [2.75, 3.05) is 36.8 Å². The topological polar surface area (TPSA) is 36.4 Å². The molecule has 0 aliphatic carbocycles. The molecule has 0 N–H and O–H groups in total. The molecule has 3 rings (SSSR count). The minimum atomic E-state index is 0.0659. The molecule has 148 valence electrons. The number of halogens is 1. The molecule has 1 heterocycles. The highest BCUT2D eigenvalue weighted by atomic mass is 35.5. The SMILES string of the molecule is CCN(CC)CCN(C(=O)CSc1ccccc1)c1nc2c(Cl)cccc2s1. The summed E-state index contributed by atoms with van der Waals surface area (Å²) in [6.07, 6.45) is 0. The Balaban J connectivity index is 1.80. The number of para-hydroxylation sites is 1. The monoisotopic (exact) mass is 433 g/mol. The van der Waals surface area contributed by atoms with Crippen molar-refractivity contribution in [3.63, 3.8) is 0 Å².